The molecular formula is C22H26N8O2. The van der Waals surface area contributed by atoms with Gasteiger partial charge in [0.1, 0.15) is 29.3 Å². The maximum Gasteiger partial charge on any atom is 0.211 e. The molecule has 0 spiro atoms. The Labute approximate surface area is 186 Å². The zero-order valence-electron chi connectivity index (χ0n) is 18.3. The Morgan fingerprint density at radius 1 is 1.22 bits per heavy atom. The fourth-order valence-electron chi connectivity index (χ4n) is 3.31. The van der Waals surface area contributed by atoms with Gasteiger partial charge in [-0.1, -0.05) is 19.9 Å². The van der Waals surface area contributed by atoms with E-state index >= 15 is 0 Å². The first-order chi connectivity index (χ1) is 15.4. The average Bonchev–Trinajstić information content (AvgIpc) is 2.74. The number of nitriles is 2. The number of ether oxygens (including phenoxy) is 2. The maximum absolute atomic E-state index is 9.47. The maximum atomic E-state index is 9.47. The zero-order valence-corrected chi connectivity index (χ0v) is 18.3. The number of hydrogen-bond acceptors (Lipinski definition) is 10. The van der Waals surface area contributed by atoms with E-state index in [2.05, 4.69) is 34.5 Å². The lowest BCUT2D eigenvalue weighted by atomic mass is 9.95. The van der Waals surface area contributed by atoms with Crippen LogP contribution in [0.15, 0.2) is 23.2 Å². The molecule has 10 heteroatoms. The van der Waals surface area contributed by atoms with Gasteiger partial charge in [-0.2, -0.15) is 10.5 Å². The Hall–Kier alpha value is -4.18. The average molecular weight is 435 g/mol. The molecule has 0 radical (unpaired) electrons. The SMILES string of the molecule is CCOc1cc(C2N=C(NC#N)Nc3nc(N)c(C#N)c(N)c32)ccc1OCCC(C)C. The van der Waals surface area contributed by atoms with Crippen LogP contribution >= 0.6 is 0 Å². The van der Waals surface area contributed by atoms with Gasteiger partial charge in [-0.3, -0.25) is 5.32 Å². The summed E-state index contributed by atoms with van der Waals surface area (Å²) in [6.45, 7) is 7.19. The topological polar surface area (TPSA) is 167 Å². The van der Waals surface area contributed by atoms with Gasteiger partial charge in [0.25, 0.3) is 0 Å². The largest absolute Gasteiger partial charge is 0.490 e. The minimum Gasteiger partial charge on any atom is -0.490 e. The molecule has 1 aliphatic heterocycles. The highest BCUT2D eigenvalue weighted by molar-refractivity contribution is 5.98. The first kappa shape index (κ1) is 22.5. The minimum absolute atomic E-state index is 0.00267. The van der Waals surface area contributed by atoms with Gasteiger partial charge in [0.15, 0.2) is 17.7 Å². The van der Waals surface area contributed by atoms with Crippen LogP contribution in [0, 0.1) is 28.7 Å². The molecule has 1 aliphatic rings. The third kappa shape index (κ3) is 4.60. The molecule has 0 aliphatic carbocycles. The molecule has 1 unspecified atom stereocenters. The predicted molar refractivity (Wildman–Crippen MR) is 122 cm³/mol. The number of nitrogen functional groups attached to an aromatic ring is 2. The first-order valence-electron chi connectivity index (χ1n) is 10.3. The van der Waals surface area contributed by atoms with E-state index in [9.17, 15) is 5.26 Å². The second-order valence-corrected chi connectivity index (χ2v) is 7.57. The second kappa shape index (κ2) is 9.75. The molecule has 1 aromatic heterocycles. The van der Waals surface area contributed by atoms with E-state index in [1.54, 1.807) is 0 Å². The molecule has 1 atom stereocenters. The van der Waals surface area contributed by atoms with Crippen molar-refractivity contribution in [1.82, 2.24) is 10.3 Å². The number of aromatic nitrogens is 1. The van der Waals surface area contributed by atoms with Crippen LogP contribution in [0.2, 0.25) is 0 Å². The lowest BCUT2D eigenvalue weighted by molar-refractivity contribution is 0.261. The molecule has 32 heavy (non-hydrogen) atoms. The number of nitrogens with two attached hydrogens (primary N) is 2. The quantitative estimate of drug-likeness (QED) is 0.378. The van der Waals surface area contributed by atoms with E-state index in [1.807, 2.05) is 37.4 Å². The summed E-state index contributed by atoms with van der Waals surface area (Å²) in [6, 6.07) is 6.84. The number of anilines is 3. The highest BCUT2D eigenvalue weighted by atomic mass is 16.5. The Balaban J connectivity index is 2.08. The van der Waals surface area contributed by atoms with Crippen molar-refractivity contribution in [3.63, 3.8) is 0 Å². The second-order valence-electron chi connectivity index (χ2n) is 7.57. The number of guanidine groups is 1. The summed E-state index contributed by atoms with van der Waals surface area (Å²) in [5.41, 5.74) is 13.7. The van der Waals surface area contributed by atoms with Gasteiger partial charge in [-0.15, -0.1) is 0 Å². The number of nitrogens with one attached hydrogen (secondary N) is 2. The zero-order chi connectivity index (χ0) is 23.3. The van der Waals surface area contributed by atoms with Crippen molar-refractivity contribution in [3.8, 4) is 23.8 Å². The minimum atomic E-state index is -0.647. The number of hydrogen-bond donors (Lipinski definition) is 4. The van der Waals surface area contributed by atoms with Crippen molar-refractivity contribution < 1.29 is 9.47 Å². The van der Waals surface area contributed by atoms with E-state index < -0.39 is 6.04 Å². The number of pyridine rings is 1. The Morgan fingerprint density at radius 2 is 2.00 bits per heavy atom. The normalized spacial score (nSPS) is 14.4. The molecule has 166 valence electrons. The highest BCUT2D eigenvalue weighted by Crippen LogP contribution is 2.42. The van der Waals surface area contributed by atoms with Crippen LogP contribution in [0.5, 0.6) is 11.5 Å². The molecule has 6 N–H and O–H groups in total. The summed E-state index contributed by atoms with van der Waals surface area (Å²) in [7, 11) is 0. The highest BCUT2D eigenvalue weighted by Gasteiger charge is 2.30. The smallest absolute Gasteiger partial charge is 0.211 e. The predicted octanol–water partition coefficient (Wildman–Crippen LogP) is 2.88. The van der Waals surface area contributed by atoms with E-state index in [-0.39, 0.29) is 23.0 Å². The number of benzene rings is 1. The third-order valence-electron chi connectivity index (χ3n) is 4.89. The van der Waals surface area contributed by atoms with Crippen LogP contribution in [0.1, 0.15) is 49.9 Å². The van der Waals surface area contributed by atoms with Crippen LogP contribution in [-0.4, -0.2) is 24.2 Å². The Kier molecular flexibility index (Phi) is 6.86. The summed E-state index contributed by atoms with van der Waals surface area (Å²) in [4.78, 5) is 8.84. The Bertz CT molecular complexity index is 1110. The summed E-state index contributed by atoms with van der Waals surface area (Å²) in [6.07, 6.45) is 2.75. The van der Waals surface area contributed by atoms with Gasteiger partial charge in [0.2, 0.25) is 5.96 Å². The van der Waals surface area contributed by atoms with Crippen molar-refractivity contribution in [2.75, 3.05) is 30.0 Å². The van der Waals surface area contributed by atoms with Crippen LogP contribution < -0.4 is 31.6 Å². The lowest BCUT2D eigenvalue weighted by Gasteiger charge is -2.26. The molecule has 2 heterocycles. The number of fused-ring (bicyclic) bond motifs is 1. The summed E-state index contributed by atoms with van der Waals surface area (Å²) in [5, 5.41) is 23.9. The van der Waals surface area contributed by atoms with Crippen molar-refractivity contribution in [3.05, 3.63) is 34.9 Å². The van der Waals surface area contributed by atoms with Crippen molar-refractivity contribution in [1.29, 1.82) is 10.5 Å². The monoisotopic (exact) mass is 434 g/mol. The number of nitrogens with zero attached hydrogens (tertiary/aromatic N) is 4. The van der Waals surface area contributed by atoms with Crippen molar-refractivity contribution >= 4 is 23.3 Å². The van der Waals surface area contributed by atoms with E-state index in [1.165, 1.54) is 0 Å². The molecular weight excluding hydrogens is 408 g/mol. The Morgan fingerprint density at radius 3 is 2.66 bits per heavy atom. The summed E-state index contributed by atoms with van der Waals surface area (Å²) < 4.78 is 11.7. The van der Waals surface area contributed by atoms with Crippen LogP contribution in [0.3, 0.4) is 0 Å². The molecule has 0 fully saturated rings. The van der Waals surface area contributed by atoms with Crippen LogP contribution in [0.25, 0.3) is 0 Å². The lowest BCUT2D eigenvalue weighted by Crippen LogP contribution is -2.32. The van der Waals surface area contributed by atoms with Gasteiger partial charge < -0.3 is 26.3 Å². The van der Waals surface area contributed by atoms with Gasteiger partial charge in [-0.25, -0.2) is 9.98 Å². The van der Waals surface area contributed by atoms with Crippen molar-refractivity contribution in [2.45, 2.75) is 33.2 Å². The molecule has 10 nitrogen and oxygen atoms in total. The third-order valence-corrected chi connectivity index (χ3v) is 4.89. The summed E-state index contributed by atoms with van der Waals surface area (Å²) in [5.74, 6) is 2.24. The molecule has 0 amide bonds. The molecule has 0 bridgehead atoms. The molecule has 3 rings (SSSR count). The van der Waals surface area contributed by atoms with E-state index in [4.69, 9.17) is 26.2 Å². The van der Waals surface area contributed by atoms with E-state index in [0.29, 0.717) is 42.0 Å². The van der Waals surface area contributed by atoms with Gasteiger partial charge in [-0.05, 0) is 37.0 Å². The fourth-order valence-corrected chi connectivity index (χ4v) is 3.31. The van der Waals surface area contributed by atoms with Gasteiger partial charge >= 0.3 is 0 Å². The first-order valence-corrected chi connectivity index (χ1v) is 10.3. The fraction of sp³-hybridized carbons (Fsp3) is 0.364. The van der Waals surface area contributed by atoms with Crippen LogP contribution in [0.4, 0.5) is 17.3 Å². The van der Waals surface area contributed by atoms with Crippen LogP contribution in [-0.2, 0) is 0 Å². The van der Waals surface area contributed by atoms with E-state index in [0.717, 1.165) is 12.0 Å². The number of rotatable bonds is 7. The summed E-state index contributed by atoms with van der Waals surface area (Å²) >= 11 is 0. The molecule has 2 aromatic rings. The van der Waals surface area contributed by atoms with Crippen molar-refractivity contribution in [2.24, 2.45) is 10.9 Å². The standard InChI is InChI=1S/C22H26N8O2/c1-4-31-16-9-13(5-6-15(16)32-8-7-12(2)3)19-17-18(25)14(10-23)20(26)29-21(17)30-22(28-19)27-11-24/h5-6,9,12,19H,4,7-8H2,1-3H3,(H6,25,26,27,28,29,30). The number of aliphatic imine (C=N–C) groups is 1. The van der Waals surface area contributed by atoms with Gasteiger partial charge in [0.05, 0.1) is 18.9 Å². The molecule has 1 aromatic carbocycles. The van der Waals surface area contributed by atoms with Gasteiger partial charge in [0, 0.05) is 5.56 Å². The molecule has 0 saturated heterocycles. The molecule has 0 saturated carbocycles.